The predicted molar refractivity (Wildman–Crippen MR) is 93.3 cm³/mol. The van der Waals surface area contributed by atoms with Crippen molar-refractivity contribution in [2.45, 2.75) is 18.7 Å². The highest BCUT2D eigenvalue weighted by molar-refractivity contribution is 7.89. The Kier molecular flexibility index (Phi) is 4.60. The van der Waals surface area contributed by atoms with Gasteiger partial charge in [-0.15, -0.1) is 0 Å². The van der Waals surface area contributed by atoms with Crippen LogP contribution in [0.15, 0.2) is 47.4 Å². The van der Waals surface area contributed by atoms with Gasteiger partial charge in [-0.1, -0.05) is 23.8 Å². The lowest BCUT2D eigenvalue weighted by Gasteiger charge is -2.35. The van der Waals surface area contributed by atoms with Gasteiger partial charge >= 0.3 is 0 Å². The van der Waals surface area contributed by atoms with E-state index in [1.165, 1.54) is 16.4 Å². The van der Waals surface area contributed by atoms with Crippen molar-refractivity contribution in [3.8, 4) is 0 Å². The fraction of sp³-hybridized carbons (Fsp3) is 0.333. The highest BCUT2D eigenvalue weighted by Crippen LogP contribution is 2.24. The minimum Gasteiger partial charge on any atom is -0.369 e. The van der Waals surface area contributed by atoms with Gasteiger partial charge < -0.3 is 4.90 Å². The lowest BCUT2D eigenvalue weighted by molar-refractivity contribution is 0.384. The van der Waals surface area contributed by atoms with Crippen LogP contribution in [0.5, 0.6) is 0 Å². The molecule has 0 unspecified atom stereocenters. The van der Waals surface area contributed by atoms with Crippen LogP contribution in [0.4, 0.5) is 10.1 Å². The van der Waals surface area contributed by atoms with Crippen molar-refractivity contribution >= 4 is 15.7 Å². The third kappa shape index (κ3) is 3.30. The average Bonchev–Trinajstić information content (AvgIpc) is 2.54. The van der Waals surface area contributed by atoms with Gasteiger partial charge in [0.15, 0.2) is 0 Å². The molecule has 0 amide bonds. The van der Waals surface area contributed by atoms with Crippen LogP contribution in [-0.2, 0) is 10.0 Å². The van der Waals surface area contributed by atoms with E-state index in [0.717, 1.165) is 16.8 Å². The molecule has 1 saturated heterocycles. The Labute approximate surface area is 142 Å². The molecule has 1 aliphatic rings. The summed E-state index contributed by atoms with van der Waals surface area (Å²) in [4.78, 5) is 2.38. The van der Waals surface area contributed by atoms with E-state index in [0.29, 0.717) is 31.1 Å². The standard InChI is InChI=1S/C18H21FN2O2S/c1-14-6-7-18(15(2)12-14)24(22,23)21-10-8-20(9-11-21)17-5-3-4-16(19)13-17/h3-7,12-13H,8-11H2,1-2H3. The summed E-state index contributed by atoms with van der Waals surface area (Å²) in [5.74, 6) is -0.280. The smallest absolute Gasteiger partial charge is 0.243 e. The number of anilines is 1. The van der Waals surface area contributed by atoms with Crippen molar-refractivity contribution < 1.29 is 12.8 Å². The van der Waals surface area contributed by atoms with E-state index < -0.39 is 10.0 Å². The van der Waals surface area contributed by atoms with E-state index in [9.17, 15) is 12.8 Å². The SMILES string of the molecule is Cc1ccc(S(=O)(=O)N2CCN(c3cccc(F)c3)CC2)c(C)c1. The third-order valence-corrected chi connectivity index (χ3v) is 6.42. The molecule has 2 aromatic carbocycles. The number of nitrogens with zero attached hydrogens (tertiary/aromatic N) is 2. The number of sulfonamides is 1. The van der Waals surface area contributed by atoms with Crippen molar-refractivity contribution in [1.29, 1.82) is 0 Å². The van der Waals surface area contributed by atoms with E-state index in [1.54, 1.807) is 12.1 Å². The molecule has 128 valence electrons. The Bertz CT molecular complexity index is 844. The maximum atomic E-state index is 13.4. The summed E-state index contributed by atoms with van der Waals surface area (Å²) in [6, 6.07) is 11.8. The molecule has 1 fully saturated rings. The molecule has 0 N–H and O–H groups in total. The number of benzene rings is 2. The minimum absolute atomic E-state index is 0.280. The van der Waals surface area contributed by atoms with E-state index in [4.69, 9.17) is 0 Å². The van der Waals surface area contributed by atoms with Crippen LogP contribution in [0, 0.1) is 19.7 Å². The van der Waals surface area contributed by atoms with Crippen LogP contribution in [0.25, 0.3) is 0 Å². The minimum atomic E-state index is -3.49. The zero-order valence-electron chi connectivity index (χ0n) is 13.9. The van der Waals surface area contributed by atoms with Crippen molar-refractivity contribution in [3.05, 3.63) is 59.4 Å². The van der Waals surface area contributed by atoms with E-state index in [1.807, 2.05) is 36.9 Å². The summed E-state index contributed by atoms with van der Waals surface area (Å²) in [5, 5.41) is 0. The van der Waals surface area contributed by atoms with Gasteiger partial charge in [-0.2, -0.15) is 4.31 Å². The van der Waals surface area contributed by atoms with E-state index >= 15 is 0 Å². The Balaban J connectivity index is 1.76. The van der Waals surface area contributed by atoms with Crippen molar-refractivity contribution in [2.75, 3.05) is 31.1 Å². The zero-order chi connectivity index (χ0) is 17.3. The molecular formula is C18H21FN2O2S. The van der Waals surface area contributed by atoms with Crippen molar-refractivity contribution in [3.63, 3.8) is 0 Å². The first-order chi connectivity index (χ1) is 11.4. The first kappa shape index (κ1) is 16.9. The molecule has 0 aromatic heterocycles. The van der Waals surface area contributed by atoms with Crippen molar-refractivity contribution in [1.82, 2.24) is 4.31 Å². The summed E-state index contributed by atoms with van der Waals surface area (Å²) in [6.45, 7) is 5.66. The lowest BCUT2D eigenvalue weighted by Crippen LogP contribution is -2.48. The number of hydrogen-bond acceptors (Lipinski definition) is 3. The normalized spacial score (nSPS) is 16.4. The quantitative estimate of drug-likeness (QED) is 0.856. The maximum absolute atomic E-state index is 13.4. The molecule has 6 heteroatoms. The number of rotatable bonds is 3. The number of aryl methyl sites for hydroxylation is 2. The van der Waals surface area contributed by atoms with Gasteiger partial charge in [0.25, 0.3) is 0 Å². The van der Waals surface area contributed by atoms with Crippen LogP contribution in [0.3, 0.4) is 0 Å². The second kappa shape index (κ2) is 6.53. The number of piperazine rings is 1. The molecule has 24 heavy (non-hydrogen) atoms. The summed E-state index contributed by atoms with van der Waals surface area (Å²) in [5.41, 5.74) is 2.60. The Morgan fingerprint density at radius 1 is 0.958 bits per heavy atom. The highest BCUT2D eigenvalue weighted by atomic mass is 32.2. The summed E-state index contributed by atoms with van der Waals surface area (Å²) in [7, 11) is -3.49. The fourth-order valence-electron chi connectivity index (χ4n) is 3.09. The number of halogens is 1. The zero-order valence-corrected chi connectivity index (χ0v) is 14.7. The van der Waals surface area contributed by atoms with Crippen LogP contribution in [0.1, 0.15) is 11.1 Å². The fourth-order valence-corrected chi connectivity index (χ4v) is 4.72. The Morgan fingerprint density at radius 3 is 2.29 bits per heavy atom. The monoisotopic (exact) mass is 348 g/mol. The van der Waals surface area contributed by atoms with Gasteiger partial charge in [0.1, 0.15) is 5.82 Å². The molecule has 1 aliphatic heterocycles. The second-order valence-corrected chi connectivity index (χ2v) is 8.05. The topological polar surface area (TPSA) is 40.6 Å². The average molecular weight is 348 g/mol. The molecule has 1 heterocycles. The number of hydrogen-bond donors (Lipinski definition) is 0. The summed E-state index contributed by atoms with van der Waals surface area (Å²) in [6.07, 6.45) is 0. The van der Waals surface area contributed by atoms with Gasteiger partial charge in [-0.3, -0.25) is 0 Å². The Hall–Kier alpha value is -1.92. The van der Waals surface area contributed by atoms with Crippen LogP contribution >= 0.6 is 0 Å². The van der Waals surface area contributed by atoms with Crippen LogP contribution in [-0.4, -0.2) is 38.9 Å². The lowest BCUT2D eigenvalue weighted by atomic mass is 10.2. The predicted octanol–water partition coefficient (Wildman–Crippen LogP) is 2.95. The Morgan fingerprint density at radius 2 is 1.67 bits per heavy atom. The van der Waals surface area contributed by atoms with E-state index in [2.05, 4.69) is 0 Å². The molecule has 0 radical (unpaired) electrons. The van der Waals surface area contributed by atoms with Crippen LogP contribution in [0.2, 0.25) is 0 Å². The summed E-state index contributed by atoms with van der Waals surface area (Å²) >= 11 is 0. The molecule has 0 saturated carbocycles. The molecule has 0 spiro atoms. The first-order valence-electron chi connectivity index (χ1n) is 7.96. The highest BCUT2D eigenvalue weighted by Gasteiger charge is 2.29. The van der Waals surface area contributed by atoms with Gasteiger partial charge in [0.05, 0.1) is 4.90 Å². The first-order valence-corrected chi connectivity index (χ1v) is 9.40. The largest absolute Gasteiger partial charge is 0.369 e. The van der Waals surface area contributed by atoms with Crippen molar-refractivity contribution in [2.24, 2.45) is 0 Å². The maximum Gasteiger partial charge on any atom is 0.243 e. The summed E-state index contributed by atoms with van der Waals surface area (Å²) < 4.78 is 40.6. The molecule has 0 aliphatic carbocycles. The molecule has 3 rings (SSSR count). The molecule has 0 atom stereocenters. The molecule has 4 nitrogen and oxygen atoms in total. The second-order valence-electron chi connectivity index (χ2n) is 6.14. The van der Waals surface area contributed by atoms with Gasteiger partial charge in [0, 0.05) is 31.9 Å². The van der Waals surface area contributed by atoms with Crippen LogP contribution < -0.4 is 4.90 Å². The molecule has 2 aromatic rings. The third-order valence-electron chi connectivity index (χ3n) is 4.36. The van der Waals surface area contributed by atoms with Gasteiger partial charge in [0.2, 0.25) is 10.0 Å². The molecular weight excluding hydrogens is 327 g/mol. The van der Waals surface area contributed by atoms with Gasteiger partial charge in [-0.05, 0) is 43.7 Å². The van der Waals surface area contributed by atoms with Gasteiger partial charge in [-0.25, -0.2) is 12.8 Å². The van der Waals surface area contributed by atoms with E-state index in [-0.39, 0.29) is 5.82 Å². The molecule has 0 bridgehead atoms.